The van der Waals surface area contributed by atoms with Crippen LogP contribution in [0.4, 0.5) is 18.9 Å². The molecule has 1 N–H and O–H groups in total. The highest BCUT2D eigenvalue weighted by Crippen LogP contribution is 2.31. The first-order chi connectivity index (χ1) is 14.5. The number of carbonyl (C=O) groups excluding carboxylic acids is 2. The minimum Gasteiger partial charge on any atom is -0.459 e. The zero-order chi connectivity index (χ0) is 22.9. The van der Waals surface area contributed by atoms with Gasteiger partial charge in [0, 0.05) is 5.69 Å². The summed E-state index contributed by atoms with van der Waals surface area (Å²) in [6, 6.07) is 4.18. The highest BCUT2D eigenvalue weighted by atomic mass is 32.1. The Morgan fingerprint density at radius 2 is 2.00 bits per heavy atom. The predicted molar refractivity (Wildman–Crippen MR) is 109 cm³/mol. The van der Waals surface area contributed by atoms with Crippen molar-refractivity contribution in [3.05, 3.63) is 57.0 Å². The number of esters is 1. The Balaban J connectivity index is 1.84. The van der Waals surface area contributed by atoms with Gasteiger partial charge in [0.15, 0.2) is 0 Å². The number of rotatable bonds is 5. The number of fused-ring (bicyclic) bond motifs is 1. The van der Waals surface area contributed by atoms with Crippen molar-refractivity contribution in [2.45, 2.75) is 39.6 Å². The summed E-state index contributed by atoms with van der Waals surface area (Å²) in [5.74, 6) is -1.27. The first-order valence-electron chi connectivity index (χ1n) is 9.14. The highest BCUT2D eigenvalue weighted by Gasteiger charge is 2.30. The third-order valence-electron chi connectivity index (χ3n) is 4.23. The van der Waals surface area contributed by atoms with Crippen LogP contribution in [0.1, 0.15) is 34.6 Å². The summed E-state index contributed by atoms with van der Waals surface area (Å²) in [6.07, 6.45) is -3.72. The molecule has 0 aliphatic heterocycles. The molecule has 0 aliphatic rings. The van der Waals surface area contributed by atoms with Crippen molar-refractivity contribution in [2.24, 2.45) is 0 Å². The number of benzene rings is 1. The first-order valence-corrected chi connectivity index (χ1v) is 9.95. The first kappa shape index (κ1) is 22.5. The molecule has 7 nitrogen and oxygen atoms in total. The molecule has 11 heteroatoms. The summed E-state index contributed by atoms with van der Waals surface area (Å²) in [7, 11) is 0. The number of ether oxygens (including phenoxy) is 1. The number of amides is 1. The fourth-order valence-electron chi connectivity index (χ4n) is 2.86. The predicted octanol–water partition coefficient (Wildman–Crippen LogP) is 3.99. The Hall–Kier alpha value is -3.21. The number of alkyl halides is 3. The largest absolute Gasteiger partial charge is 0.459 e. The Morgan fingerprint density at radius 3 is 2.65 bits per heavy atom. The fraction of sp³-hybridized carbons (Fsp3) is 0.300. The molecule has 2 heterocycles. The van der Waals surface area contributed by atoms with Gasteiger partial charge in [-0.2, -0.15) is 13.2 Å². The van der Waals surface area contributed by atoms with Gasteiger partial charge in [-0.25, -0.2) is 9.78 Å². The van der Waals surface area contributed by atoms with Crippen molar-refractivity contribution < 1.29 is 27.5 Å². The van der Waals surface area contributed by atoms with E-state index < -0.39 is 35.7 Å². The molecule has 3 aromatic rings. The lowest BCUT2D eigenvalue weighted by molar-refractivity contribution is -0.137. The number of thiophene rings is 1. The topological polar surface area (TPSA) is 90.3 Å². The summed E-state index contributed by atoms with van der Waals surface area (Å²) in [4.78, 5) is 42.1. The average molecular weight is 453 g/mol. The molecule has 0 spiro atoms. The molecule has 2 aromatic heterocycles. The van der Waals surface area contributed by atoms with E-state index in [1.54, 1.807) is 20.8 Å². The minimum absolute atomic E-state index is 0.0488. The summed E-state index contributed by atoms with van der Waals surface area (Å²) in [5, 5.41) is 2.53. The molecule has 0 atom stereocenters. The Morgan fingerprint density at radius 1 is 1.29 bits per heavy atom. The van der Waals surface area contributed by atoms with Gasteiger partial charge in [-0.05, 0) is 44.5 Å². The maximum atomic E-state index is 12.8. The van der Waals surface area contributed by atoms with E-state index >= 15 is 0 Å². The van der Waals surface area contributed by atoms with Crippen LogP contribution in [0.25, 0.3) is 10.2 Å². The zero-order valence-corrected chi connectivity index (χ0v) is 17.6. The molecule has 0 radical (unpaired) electrons. The van der Waals surface area contributed by atoms with E-state index in [9.17, 15) is 27.6 Å². The second-order valence-corrected chi connectivity index (χ2v) is 7.99. The zero-order valence-electron chi connectivity index (χ0n) is 16.7. The number of aryl methyl sites for hydroxylation is 1. The van der Waals surface area contributed by atoms with E-state index in [-0.39, 0.29) is 22.1 Å². The van der Waals surface area contributed by atoms with E-state index in [2.05, 4.69) is 10.3 Å². The van der Waals surface area contributed by atoms with Crippen molar-refractivity contribution >= 4 is 39.1 Å². The smallest absolute Gasteiger partial charge is 0.416 e. The van der Waals surface area contributed by atoms with Crippen LogP contribution < -0.4 is 10.9 Å². The molecule has 0 bridgehead atoms. The molecule has 0 fully saturated rings. The van der Waals surface area contributed by atoms with E-state index in [0.29, 0.717) is 10.4 Å². The summed E-state index contributed by atoms with van der Waals surface area (Å²) >= 11 is 1.02. The van der Waals surface area contributed by atoms with Crippen molar-refractivity contribution in [2.75, 3.05) is 5.32 Å². The monoisotopic (exact) mass is 453 g/mol. The van der Waals surface area contributed by atoms with Crippen LogP contribution >= 0.6 is 11.3 Å². The number of aromatic nitrogens is 2. The summed E-state index contributed by atoms with van der Waals surface area (Å²) in [5.41, 5.74) is -1.09. The van der Waals surface area contributed by atoms with Crippen molar-refractivity contribution in [1.29, 1.82) is 0 Å². The van der Waals surface area contributed by atoms with Crippen molar-refractivity contribution in [3.63, 3.8) is 0 Å². The quantitative estimate of drug-likeness (QED) is 0.590. The SMILES string of the molecule is Cc1c(C(=O)OC(C)C)sc2ncn(CC(=O)Nc3cccc(C(F)(F)F)c3)c(=O)c12. The Labute approximate surface area is 178 Å². The average Bonchev–Trinajstić information content (AvgIpc) is 3.00. The van der Waals surface area contributed by atoms with Gasteiger partial charge >= 0.3 is 12.1 Å². The van der Waals surface area contributed by atoms with Gasteiger partial charge in [-0.3, -0.25) is 14.2 Å². The molecule has 1 aromatic carbocycles. The van der Waals surface area contributed by atoms with E-state index in [1.807, 2.05) is 0 Å². The molecule has 0 aliphatic carbocycles. The van der Waals surface area contributed by atoms with Crippen LogP contribution in [-0.2, 0) is 22.3 Å². The fourth-order valence-corrected chi connectivity index (χ4v) is 3.88. The Kier molecular flexibility index (Phi) is 6.16. The van der Waals surface area contributed by atoms with Crippen LogP contribution in [0.5, 0.6) is 0 Å². The van der Waals surface area contributed by atoms with Gasteiger partial charge in [0.1, 0.15) is 16.3 Å². The molecule has 31 heavy (non-hydrogen) atoms. The standard InChI is InChI=1S/C20H18F3N3O4S/c1-10(2)30-19(29)16-11(3)15-17(31-16)24-9-26(18(15)28)8-14(27)25-13-6-4-5-12(7-13)20(21,22)23/h4-7,9-10H,8H2,1-3H3,(H,25,27). The third-order valence-corrected chi connectivity index (χ3v) is 5.41. The van der Waals surface area contributed by atoms with E-state index in [0.717, 1.165) is 34.4 Å². The maximum absolute atomic E-state index is 12.8. The number of anilines is 1. The lowest BCUT2D eigenvalue weighted by Crippen LogP contribution is -2.28. The van der Waals surface area contributed by atoms with Crippen molar-refractivity contribution in [3.8, 4) is 0 Å². The molecule has 164 valence electrons. The third kappa shape index (κ3) is 4.93. The lowest BCUT2D eigenvalue weighted by Gasteiger charge is -2.10. The number of nitrogens with zero attached hydrogens (tertiary/aromatic N) is 2. The van der Waals surface area contributed by atoms with Gasteiger partial charge in [-0.15, -0.1) is 11.3 Å². The molecule has 1 amide bonds. The minimum atomic E-state index is -4.54. The van der Waals surface area contributed by atoms with Gasteiger partial charge in [0.05, 0.1) is 23.4 Å². The van der Waals surface area contributed by atoms with Gasteiger partial charge in [0.2, 0.25) is 5.91 Å². The lowest BCUT2D eigenvalue weighted by atomic mass is 10.2. The van der Waals surface area contributed by atoms with Crippen LogP contribution in [0.15, 0.2) is 35.4 Å². The Bertz CT molecular complexity index is 1210. The normalized spacial score (nSPS) is 11.7. The molecule has 3 rings (SSSR count). The molecule has 0 unspecified atom stereocenters. The molecule has 0 saturated carbocycles. The molecular formula is C20H18F3N3O4S. The molecular weight excluding hydrogens is 435 g/mol. The number of hydrogen-bond donors (Lipinski definition) is 1. The number of carbonyl (C=O) groups is 2. The van der Waals surface area contributed by atoms with E-state index in [4.69, 9.17) is 4.74 Å². The van der Waals surface area contributed by atoms with Crippen LogP contribution in [0.2, 0.25) is 0 Å². The van der Waals surface area contributed by atoms with Crippen LogP contribution in [0.3, 0.4) is 0 Å². The maximum Gasteiger partial charge on any atom is 0.416 e. The number of hydrogen-bond acceptors (Lipinski definition) is 6. The van der Waals surface area contributed by atoms with E-state index in [1.165, 1.54) is 12.1 Å². The van der Waals surface area contributed by atoms with Crippen molar-refractivity contribution in [1.82, 2.24) is 9.55 Å². The van der Waals surface area contributed by atoms with Gasteiger partial charge < -0.3 is 10.1 Å². The number of halogens is 3. The second-order valence-electron chi connectivity index (χ2n) is 6.99. The second kappa shape index (κ2) is 8.50. The van der Waals surface area contributed by atoms with Crippen LogP contribution in [0, 0.1) is 6.92 Å². The number of nitrogens with one attached hydrogen (secondary N) is 1. The summed E-state index contributed by atoms with van der Waals surface area (Å²) in [6.45, 7) is 4.54. The molecule has 0 saturated heterocycles. The summed E-state index contributed by atoms with van der Waals surface area (Å²) < 4.78 is 44.7. The van der Waals surface area contributed by atoms with Gasteiger partial charge in [-0.1, -0.05) is 6.07 Å². The van der Waals surface area contributed by atoms with Crippen LogP contribution in [-0.4, -0.2) is 27.5 Å². The highest BCUT2D eigenvalue weighted by molar-refractivity contribution is 7.20. The van der Waals surface area contributed by atoms with Gasteiger partial charge in [0.25, 0.3) is 5.56 Å².